The van der Waals surface area contributed by atoms with Crippen molar-refractivity contribution in [2.45, 2.75) is 19.4 Å². The number of aryl methyl sites for hydroxylation is 1. The van der Waals surface area contributed by atoms with Crippen molar-refractivity contribution in [2.24, 2.45) is 5.73 Å². The highest BCUT2D eigenvalue weighted by Gasteiger charge is 2.16. The van der Waals surface area contributed by atoms with E-state index in [-0.39, 0.29) is 5.92 Å². The molecular formula is C16H19N5. The molecule has 3 rings (SSSR count). The molecule has 0 aliphatic heterocycles. The van der Waals surface area contributed by atoms with Crippen molar-refractivity contribution in [3.05, 3.63) is 60.3 Å². The van der Waals surface area contributed by atoms with Gasteiger partial charge in [0.25, 0.3) is 0 Å². The minimum absolute atomic E-state index is 0.0844. The molecule has 0 aliphatic rings. The lowest BCUT2D eigenvalue weighted by atomic mass is 9.99. The average molecular weight is 281 g/mol. The topological polar surface area (TPSA) is 72.5 Å². The molecule has 0 bridgehead atoms. The third-order valence-electron chi connectivity index (χ3n) is 3.63. The molecule has 0 amide bonds. The molecule has 0 saturated carbocycles. The molecule has 1 atom stereocenters. The minimum Gasteiger partial charge on any atom is -0.341 e. The molecule has 0 aliphatic carbocycles. The number of nitrogens with zero attached hydrogens (tertiary/aromatic N) is 3. The lowest BCUT2D eigenvalue weighted by Crippen LogP contribution is -2.15. The van der Waals surface area contributed by atoms with Crippen LogP contribution in [0.4, 0.5) is 0 Å². The summed E-state index contributed by atoms with van der Waals surface area (Å²) in [6.45, 7) is 3.44. The summed E-state index contributed by atoms with van der Waals surface area (Å²) in [4.78, 5) is 7.87. The van der Waals surface area contributed by atoms with E-state index in [1.165, 1.54) is 5.56 Å². The zero-order valence-electron chi connectivity index (χ0n) is 12.0. The van der Waals surface area contributed by atoms with E-state index < -0.39 is 0 Å². The maximum atomic E-state index is 5.93. The predicted octanol–water partition coefficient (Wildman–Crippen LogP) is 2.38. The van der Waals surface area contributed by atoms with Crippen LogP contribution in [-0.4, -0.2) is 26.3 Å². The predicted molar refractivity (Wildman–Crippen MR) is 82.8 cm³/mol. The first-order valence-corrected chi connectivity index (χ1v) is 7.14. The Hall–Kier alpha value is -2.40. The van der Waals surface area contributed by atoms with Gasteiger partial charge >= 0.3 is 0 Å². The fraction of sp³-hybridized carbons (Fsp3) is 0.250. The van der Waals surface area contributed by atoms with Crippen LogP contribution in [0.3, 0.4) is 0 Å². The molecule has 0 saturated heterocycles. The first-order chi connectivity index (χ1) is 10.3. The van der Waals surface area contributed by atoms with Gasteiger partial charge in [-0.05, 0) is 12.5 Å². The first kappa shape index (κ1) is 13.6. The number of aromatic amines is 1. The molecule has 0 fully saturated rings. The minimum atomic E-state index is 0.0844. The average Bonchev–Trinajstić information content (AvgIpc) is 3.18. The molecule has 5 heteroatoms. The monoisotopic (exact) mass is 281 g/mol. The first-order valence-electron chi connectivity index (χ1n) is 7.14. The van der Waals surface area contributed by atoms with Crippen LogP contribution in [0.2, 0.25) is 0 Å². The fourth-order valence-corrected chi connectivity index (χ4v) is 2.43. The quantitative estimate of drug-likeness (QED) is 0.754. The smallest absolute Gasteiger partial charge is 0.115 e. The molecule has 21 heavy (non-hydrogen) atoms. The van der Waals surface area contributed by atoms with Crippen LogP contribution in [-0.2, 0) is 6.54 Å². The number of nitrogens with two attached hydrogens (primary N) is 1. The summed E-state index contributed by atoms with van der Waals surface area (Å²) in [6, 6.07) is 10.2. The van der Waals surface area contributed by atoms with E-state index in [9.17, 15) is 0 Å². The van der Waals surface area contributed by atoms with Crippen LogP contribution < -0.4 is 5.73 Å². The summed E-state index contributed by atoms with van der Waals surface area (Å²) < 4.78 is 1.90. The molecule has 0 radical (unpaired) electrons. The van der Waals surface area contributed by atoms with E-state index in [4.69, 9.17) is 5.73 Å². The van der Waals surface area contributed by atoms with E-state index in [1.54, 1.807) is 0 Å². The van der Waals surface area contributed by atoms with Crippen molar-refractivity contribution >= 4 is 0 Å². The molecule has 1 aromatic carbocycles. The molecule has 5 nitrogen and oxygen atoms in total. The fourth-order valence-electron chi connectivity index (χ4n) is 2.43. The number of hydrogen-bond donors (Lipinski definition) is 2. The summed E-state index contributed by atoms with van der Waals surface area (Å²) in [5.74, 6) is 0.976. The van der Waals surface area contributed by atoms with Gasteiger partial charge < -0.3 is 10.7 Å². The Bertz CT molecular complexity index is 698. The molecule has 0 spiro atoms. The van der Waals surface area contributed by atoms with Gasteiger partial charge in [0.2, 0.25) is 0 Å². The molecule has 2 heterocycles. The summed E-state index contributed by atoms with van der Waals surface area (Å²) in [5.41, 5.74) is 9.12. The Morgan fingerprint density at radius 3 is 2.71 bits per heavy atom. The van der Waals surface area contributed by atoms with Crippen molar-refractivity contribution in [3.8, 4) is 11.3 Å². The van der Waals surface area contributed by atoms with E-state index >= 15 is 0 Å². The highest BCUT2D eigenvalue weighted by molar-refractivity contribution is 5.56. The van der Waals surface area contributed by atoms with Crippen molar-refractivity contribution in [3.63, 3.8) is 0 Å². The van der Waals surface area contributed by atoms with Crippen LogP contribution in [0.5, 0.6) is 0 Å². The number of hydrogen-bond acceptors (Lipinski definition) is 3. The second-order valence-electron chi connectivity index (χ2n) is 4.97. The molecule has 108 valence electrons. The van der Waals surface area contributed by atoms with Gasteiger partial charge in [-0.25, -0.2) is 4.98 Å². The van der Waals surface area contributed by atoms with Gasteiger partial charge in [-0.2, -0.15) is 5.10 Å². The van der Waals surface area contributed by atoms with Gasteiger partial charge in [0.15, 0.2) is 0 Å². The van der Waals surface area contributed by atoms with E-state index in [0.29, 0.717) is 6.54 Å². The largest absolute Gasteiger partial charge is 0.341 e. The number of imidazole rings is 1. The standard InChI is InChI=1S/C16H19N5/c1-2-21-11-13(9-19-21)15-10-18-16(20-15)14(8-17)12-6-4-3-5-7-12/h3-7,9-11,14H,2,8,17H2,1H3,(H,18,20). The number of rotatable bonds is 5. The van der Waals surface area contributed by atoms with Crippen molar-refractivity contribution in [2.75, 3.05) is 6.54 Å². The molecule has 3 aromatic rings. The number of aromatic nitrogens is 4. The van der Waals surface area contributed by atoms with Gasteiger partial charge in [0.05, 0.1) is 24.0 Å². The van der Waals surface area contributed by atoms with Crippen molar-refractivity contribution in [1.82, 2.24) is 19.7 Å². The third-order valence-corrected chi connectivity index (χ3v) is 3.63. The van der Waals surface area contributed by atoms with Gasteiger partial charge in [0.1, 0.15) is 5.82 Å². The Kier molecular flexibility index (Phi) is 3.83. The molecule has 3 N–H and O–H groups in total. The van der Waals surface area contributed by atoms with Crippen LogP contribution >= 0.6 is 0 Å². The number of H-pyrrole nitrogens is 1. The van der Waals surface area contributed by atoms with Crippen LogP contribution in [0.25, 0.3) is 11.3 Å². The second-order valence-corrected chi connectivity index (χ2v) is 4.97. The summed E-state index contributed by atoms with van der Waals surface area (Å²) in [5, 5.41) is 4.29. The Morgan fingerprint density at radius 1 is 1.24 bits per heavy atom. The maximum absolute atomic E-state index is 5.93. The van der Waals surface area contributed by atoms with Crippen LogP contribution in [0, 0.1) is 0 Å². The normalized spacial score (nSPS) is 12.5. The van der Waals surface area contributed by atoms with Crippen LogP contribution in [0.15, 0.2) is 48.9 Å². The Labute approximate surface area is 123 Å². The van der Waals surface area contributed by atoms with Gasteiger partial charge in [0, 0.05) is 24.8 Å². The molecule has 2 aromatic heterocycles. The van der Waals surface area contributed by atoms with E-state index in [0.717, 1.165) is 23.6 Å². The van der Waals surface area contributed by atoms with Crippen molar-refractivity contribution in [1.29, 1.82) is 0 Å². The van der Waals surface area contributed by atoms with Crippen molar-refractivity contribution < 1.29 is 0 Å². The zero-order chi connectivity index (χ0) is 14.7. The third kappa shape index (κ3) is 2.73. The summed E-state index contributed by atoms with van der Waals surface area (Å²) in [6.07, 6.45) is 5.70. The SMILES string of the molecule is CCn1cc(-c2cnc(C(CN)c3ccccc3)[nH]2)cn1. The highest BCUT2D eigenvalue weighted by atomic mass is 15.3. The Morgan fingerprint density at radius 2 is 2.05 bits per heavy atom. The van der Waals surface area contributed by atoms with Gasteiger partial charge in [-0.15, -0.1) is 0 Å². The summed E-state index contributed by atoms with van der Waals surface area (Å²) >= 11 is 0. The Balaban J connectivity index is 1.90. The maximum Gasteiger partial charge on any atom is 0.115 e. The van der Waals surface area contributed by atoms with Gasteiger partial charge in [-0.3, -0.25) is 4.68 Å². The van der Waals surface area contributed by atoms with E-state index in [2.05, 4.69) is 34.1 Å². The lowest BCUT2D eigenvalue weighted by Gasteiger charge is -2.12. The highest BCUT2D eigenvalue weighted by Crippen LogP contribution is 2.24. The second kappa shape index (κ2) is 5.93. The number of benzene rings is 1. The lowest BCUT2D eigenvalue weighted by molar-refractivity contribution is 0.660. The zero-order valence-corrected chi connectivity index (χ0v) is 12.0. The molecule has 1 unspecified atom stereocenters. The molecular weight excluding hydrogens is 262 g/mol. The summed E-state index contributed by atoms with van der Waals surface area (Å²) in [7, 11) is 0. The van der Waals surface area contributed by atoms with Crippen LogP contribution in [0.1, 0.15) is 24.2 Å². The van der Waals surface area contributed by atoms with Gasteiger partial charge in [-0.1, -0.05) is 30.3 Å². The number of nitrogens with one attached hydrogen (secondary N) is 1. The van der Waals surface area contributed by atoms with E-state index in [1.807, 2.05) is 41.5 Å².